The molecule has 118 valence electrons. The molecular formula is C13H14BrN3O4S. The number of hydrogen-bond acceptors (Lipinski definition) is 7. The van der Waals surface area contributed by atoms with Crippen LogP contribution < -0.4 is 0 Å². The van der Waals surface area contributed by atoms with Crippen LogP contribution in [0.1, 0.15) is 5.56 Å². The number of ether oxygens (including phenoxy) is 1. The maximum absolute atomic E-state index is 11.3. The molecule has 22 heavy (non-hydrogen) atoms. The number of rotatable bonds is 6. The summed E-state index contributed by atoms with van der Waals surface area (Å²) < 4.78 is 5.58. The number of carboxylic acid groups (broad SMARTS) is 1. The molecule has 2 rings (SSSR count). The minimum absolute atomic E-state index is 0.194. The Morgan fingerprint density at radius 3 is 2.82 bits per heavy atom. The van der Waals surface area contributed by atoms with Gasteiger partial charge in [0.1, 0.15) is 13.2 Å². The fourth-order valence-electron chi connectivity index (χ4n) is 1.87. The summed E-state index contributed by atoms with van der Waals surface area (Å²) in [6.07, 6.45) is 0. The number of halogens is 1. The van der Waals surface area contributed by atoms with Crippen molar-refractivity contribution in [3.05, 3.63) is 35.9 Å². The van der Waals surface area contributed by atoms with Crippen molar-refractivity contribution in [2.75, 3.05) is 12.4 Å². The molecule has 7 nitrogen and oxygen atoms in total. The van der Waals surface area contributed by atoms with Gasteiger partial charge >= 0.3 is 5.97 Å². The van der Waals surface area contributed by atoms with Crippen LogP contribution in [0, 0.1) is 0 Å². The van der Waals surface area contributed by atoms with E-state index in [0.29, 0.717) is 5.90 Å². The van der Waals surface area contributed by atoms with Crippen molar-refractivity contribution in [3.8, 4) is 0 Å². The van der Waals surface area contributed by atoms with Gasteiger partial charge in [-0.15, -0.1) is 17.7 Å². The Morgan fingerprint density at radius 1 is 1.59 bits per heavy atom. The summed E-state index contributed by atoms with van der Waals surface area (Å²) in [5.74, 6) is -0.830. The maximum atomic E-state index is 11.3. The zero-order chi connectivity index (χ0) is 16.1. The first-order valence-electron chi connectivity index (χ1n) is 6.26. The average Bonchev–Trinajstić information content (AvgIpc) is 2.90. The number of hydrogen-bond donors (Lipinski definition) is 2. The zero-order valence-electron chi connectivity index (χ0n) is 11.6. The van der Waals surface area contributed by atoms with Crippen LogP contribution in [0.15, 0.2) is 40.6 Å². The first kappa shape index (κ1) is 16.6. The Kier molecular flexibility index (Phi) is 5.67. The molecule has 0 radical (unpaired) electrons. The quantitative estimate of drug-likeness (QED) is 0.336. The number of carboxylic acids is 1. The van der Waals surface area contributed by atoms with Crippen LogP contribution in [0.4, 0.5) is 0 Å². The van der Waals surface area contributed by atoms with Gasteiger partial charge in [-0.3, -0.25) is 0 Å². The largest absolute Gasteiger partial charge is 0.477 e. The summed E-state index contributed by atoms with van der Waals surface area (Å²) in [7, 11) is 1.28. The third-order valence-electron chi connectivity index (χ3n) is 2.86. The first-order chi connectivity index (χ1) is 10.6. The van der Waals surface area contributed by atoms with Crippen LogP contribution in [-0.2, 0) is 14.4 Å². The van der Waals surface area contributed by atoms with Crippen molar-refractivity contribution in [1.82, 2.24) is 5.01 Å². The van der Waals surface area contributed by atoms with Gasteiger partial charge in [0.15, 0.2) is 5.71 Å². The SMILES string of the molecule is CO/N=C(\C(=O)O)C(CBr)N1N=C(c2ccccc2)OC1S. The lowest BCUT2D eigenvalue weighted by molar-refractivity contribution is -0.130. The highest BCUT2D eigenvalue weighted by Gasteiger charge is 2.37. The molecule has 2 unspecified atom stereocenters. The van der Waals surface area contributed by atoms with Crippen LogP contribution in [-0.4, -0.2) is 51.7 Å². The Bertz CT molecular complexity index is 596. The molecule has 0 aromatic heterocycles. The number of oxime groups is 1. The summed E-state index contributed by atoms with van der Waals surface area (Å²) in [5.41, 5.74) is -0.142. The monoisotopic (exact) mass is 387 g/mol. The smallest absolute Gasteiger partial charge is 0.355 e. The van der Waals surface area contributed by atoms with Crippen molar-refractivity contribution in [1.29, 1.82) is 0 Å². The summed E-state index contributed by atoms with van der Waals surface area (Å²) in [4.78, 5) is 15.9. The number of aliphatic carboxylic acids is 1. The summed E-state index contributed by atoms with van der Waals surface area (Å²) in [5, 5.41) is 18.8. The van der Waals surface area contributed by atoms with Gasteiger partial charge in [-0.05, 0) is 12.1 Å². The lowest BCUT2D eigenvalue weighted by Gasteiger charge is -2.25. The second-order valence-corrected chi connectivity index (χ2v) is 5.32. The maximum Gasteiger partial charge on any atom is 0.355 e. The van der Waals surface area contributed by atoms with E-state index in [1.165, 1.54) is 12.1 Å². The van der Waals surface area contributed by atoms with Gasteiger partial charge in [-0.25, -0.2) is 9.80 Å². The second kappa shape index (κ2) is 7.50. The van der Waals surface area contributed by atoms with E-state index in [0.717, 1.165) is 5.56 Å². The van der Waals surface area contributed by atoms with Crippen LogP contribution in [0.5, 0.6) is 0 Å². The van der Waals surface area contributed by atoms with E-state index >= 15 is 0 Å². The van der Waals surface area contributed by atoms with E-state index < -0.39 is 17.6 Å². The number of alkyl halides is 1. The van der Waals surface area contributed by atoms with Gasteiger partial charge in [0.2, 0.25) is 11.5 Å². The number of carbonyl (C=O) groups is 1. The summed E-state index contributed by atoms with van der Waals surface area (Å²) >= 11 is 7.57. The van der Waals surface area contributed by atoms with Crippen molar-refractivity contribution < 1.29 is 19.5 Å². The minimum atomic E-state index is -1.20. The normalized spacial score (nSPS) is 19.4. The number of thiol groups is 1. The van der Waals surface area contributed by atoms with E-state index in [-0.39, 0.29) is 11.0 Å². The molecule has 0 saturated heterocycles. The van der Waals surface area contributed by atoms with Crippen molar-refractivity contribution in [2.45, 2.75) is 11.6 Å². The molecular weight excluding hydrogens is 374 g/mol. The lowest BCUT2D eigenvalue weighted by atomic mass is 10.2. The van der Waals surface area contributed by atoms with Crippen molar-refractivity contribution in [3.63, 3.8) is 0 Å². The predicted octanol–water partition coefficient (Wildman–Crippen LogP) is 1.74. The molecule has 0 bridgehead atoms. The van der Waals surface area contributed by atoms with E-state index in [1.54, 1.807) is 0 Å². The molecule has 1 aliphatic heterocycles. The molecule has 1 aliphatic rings. The van der Waals surface area contributed by atoms with Gasteiger partial charge in [0.25, 0.3) is 0 Å². The Hall–Kier alpha value is -1.74. The van der Waals surface area contributed by atoms with Crippen LogP contribution in [0.25, 0.3) is 0 Å². The van der Waals surface area contributed by atoms with Crippen molar-refractivity contribution in [2.24, 2.45) is 10.3 Å². The minimum Gasteiger partial charge on any atom is -0.477 e. The third-order valence-corrected chi connectivity index (χ3v) is 3.82. The number of hydrazone groups is 1. The second-order valence-electron chi connectivity index (χ2n) is 4.23. The lowest BCUT2D eigenvalue weighted by Crippen LogP contribution is -2.44. The van der Waals surface area contributed by atoms with Gasteiger partial charge in [-0.1, -0.05) is 39.3 Å². The topological polar surface area (TPSA) is 83.7 Å². The fraction of sp³-hybridized carbons (Fsp3) is 0.308. The zero-order valence-corrected chi connectivity index (χ0v) is 14.1. The summed E-state index contributed by atoms with van der Waals surface area (Å²) in [6.45, 7) is 0. The fourth-order valence-corrected chi connectivity index (χ4v) is 2.79. The van der Waals surface area contributed by atoms with Crippen LogP contribution >= 0.6 is 28.6 Å². The third kappa shape index (κ3) is 3.53. The molecule has 0 fully saturated rings. The Morgan fingerprint density at radius 2 is 2.27 bits per heavy atom. The van der Waals surface area contributed by atoms with Crippen LogP contribution in [0.2, 0.25) is 0 Å². The molecule has 0 amide bonds. The highest BCUT2D eigenvalue weighted by molar-refractivity contribution is 9.09. The van der Waals surface area contributed by atoms with E-state index in [1.807, 2.05) is 30.3 Å². The van der Waals surface area contributed by atoms with E-state index in [9.17, 15) is 9.90 Å². The van der Waals surface area contributed by atoms with Gasteiger partial charge < -0.3 is 14.7 Å². The van der Waals surface area contributed by atoms with E-state index in [2.05, 4.69) is 43.7 Å². The standard InChI is InChI=1S/C13H14BrN3O4S/c1-20-16-10(12(18)19)9(7-14)17-13(22)21-11(15-17)8-5-3-2-4-6-8/h2-6,9,13,22H,7H2,1H3,(H,18,19)/b16-10-. The number of benzene rings is 1. The highest BCUT2D eigenvalue weighted by Crippen LogP contribution is 2.24. The highest BCUT2D eigenvalue weighted by atomic mass is 79.9. The molecule has 2 atom stereocenters. The molecule has 0 saturated carbocycles. The van der Waals surface area contributed by atoms with Gasteiger partial charge in [0.05, 0.1) is 0 Å². The number of nitrogens with zero attached hydrogens (tertiary/aromatic N) is 3. The first-order valence-corrected chi connectivity index (χ1v) is 7.89. The van der Waals surface area contributed by atoms with Crippen molar-refractivity contribution >= 4 is 46.1 Å². The molecule has 9 heteroatoms. The predicted molar refractivity (Wildman–Crippen MR) is 88.3 cm³/mol. The molecule has 0 aliphatic carbocycles. The average molecular weight is 388 g/mol. The molecule has 1 heterocycles. The van der Waals surface area contributed by atoms with E-state index in [4.69, 9.17) is 4.74 Å². The summed E-state index contributed by atoms with van der Waals surface area (Å²) in [6, 6.07) is 8.58. The molecule has 1 N–H and O–H groups in total. The molecule has 1 aromatic rings. The Balaban J connectivity index is 2.31. The van der Waals surface area contributed by atoms with Gasteiger partial charge in [0, 0.05) is 10.9 Å². The van der Waals surface area contributed by atoms with Crippen LogP contribution in [0.3, 0.4) is 0 Å². The Labute approximate surface area is 141 Å². The molecule has 0 spiro atoms. The molecule has 1 aromatic carbocycles. The van der Waals surface area contributed by atoms with Gasteiger partial charge in [-0.2, -0.15) is 0 Å².